The van der Waals surface area contributed by atoms with Gasteiger partial charge in [0.2, 0.25) is 5.88 Å². The van der Waals surface area contributed by atoms with Gasteiger partial charge in [0.1, 0.15) is 0 Å². The van der Waals surface area contributed by atoms with E-state index >= 15 is 0 Å². The highest BCUT2D eigenvalue weighted by atomic mass is 16.5. The summed E-state index contributed by atoms with van der Waals surface area (Å²) >= 11 is 0. The summed E-state index contributed by atoms with van der Waals surface area (Å²) in [7, 11) is 3.55. The number of methoxy groups -OCH3 is 1. The van der Waals surface area contributed by atoms with Crippen molar-refractivity contribution in [2.24, 2.45) is 0 Å². The van der Waals surface area contributed by atoms with Crippen molar-refractivity contribution in [3.05, 3.63) is 84.1 Å². The van der Waals surface area contributed by atoms with E-state index in [1.165, 1.54) is 11.8 Å². The zero-order valence-electron chi connectivity index (χ0n) is 14.8. The maximum Gasteiger partial charge on any atom is 0.257 e. The van der Waals surface area contributed by atoms with Gasteiger partial charge >= 0.3 is 0 Å². The minimum absolute atomic E-state index is 0.208. The van der Waals surface area contributed by atoms with Crippen molar-refractivity contribution in [3.8, 4) is 5.88 Å². The lowest BCUT2D eigenvalue weighted by molar-refractivity contribution is 0.102. The Bertz CT molecular complexity index is 864. The minimum atomic E-state index is -0.208. The van der Waals surface area contributed by atoms with Crippen LogP contribution in [0.4, 0.5) is 11.4 Å². The van der Waals surface area contributed by atoms with E-state index in [0.29, 0.717) is 11.4 Å². The smallest absolute Gasteiger partial charge is 0.257 e. The number of aromatic nitrogens is 1. The number of amides is 1. The van der Waals surface area contributed by atoms with Gasteiger partial charge < -0.3 is 15.0 Å². The highest BCUT2D eigenvalue weighted by molar-refractivity contribution is 6.05. The summed E-state index contributed by atoms with van der Waals surface area (Å²) in [6.07, 6.45) is 1.50. The maximum atomic E-state index is 12.5. The first-order valence-corrected chi connectivity index (χ1v) is 8.33. The summed E-state index contributed by atoms with van der Waals surface area (Å²) in [6.45, 7) is 0.748. The van der Waals surface area contributed by atoms with Crippen molar-refractivity contribution in [2.45, 2.75) is 6.54 Å². The zero-order valence-corrected chi connectivity index (χ0v) is 14.8. The second-order valence-electron chi connectivity index (χ2n) is 5.90. The van der Waals surface area contributed by atoms with Gasteiger partial charge in [0.25, 0.3) is 5.91 Å². The molecule has 0 bridgehead atoms. The van der Waals surface area contributed by atoms with E-state index in [-0.39, 0.29) is 5.91 Å². The number of pyridine rings is 1. The predicted octanol–water partition coefficient (Wildman–Crippen LogP) is 3.98. The number of nitrogens with zero attached hydrogens (tertiary/aromatic N) is 2. The number of rotatable bonds is 6. The first-order valence-electron chi connectivity index (χ1n) is 8.33. The summed E-state index contributed by atoms with van der Waals surface area (Å²) in [6, 6.07) is 21.3. The third kappa shape index (κ3) is 4.19. The van der Waals surface area contributed by atoms with Gasteiger partial charge in [0, 0.05) is 25.9 Å². The molecule has 5 nitrogen and oxygen atoms in total. The van der Waals surface area contributed by atoms with Gasteiger partial charge in [-0.15, -0.1) is 0 Å². The van der Waals surface area contributed by atoms with Crippen molar-refractivity contribution in [1.29, 1.82) is 0 Å². The predicted molar refractivity (Wildman–Crippen MR) is 104 cm³/mol. The Morgan fingerprint density at radius 2 is 1.77 bits per heavy atom. The van der Waals surface area contributed by atoms with E-state index in [0.717, 1.165) is 17.9 Å². The highest BCUT2D eigenvalue weighted by Crippen LogP contribution is 2.26. The van der Waals surface area contributed by atoms with Gasteiger partial charge in [-0.05, 0) is 23.8 Å². The molecule has 1 N–H and O–H groups in total. The number of benzene rings is 2. The van der Waals surface area contributed by atoms with Crippen molar-refractivity contribution in [3.63, 3.8) is 0 Å². The summed E-state index contributed by atoms with van der Waals surface area (Å²) in [5, 5.41) is 2.97. The molecule has 0 unspecified atom stereocenters. The number of ether oxygens (including phenoxy) is 1. The van der Waals surface area contributed by atoms with E-state index in [1.54, 1.807) is 19.2 Å². The lowest BCUT2D eigenvalue weighted by atomic mass is 10.2. The molecule has 3 aromatic rings. The summed E-state index contributed by atoms with van der Waals surface area (Å²) in [5.74, 6) is 0.269. The van der Waals surface area contributed by atoms with Crippen LogP contribution in [0.2, 0.25) is 0 Å². The van der Waals surface area contributed by atoms with Gasteiger partial charge in [-0.1, -0.05) is 42.5 Å². The van der Waals surface area contributed by atoms with Crippen molar-refractivity contribution in [1.82, 2.24) is 4.98 Å². The monoisotopic (exact) mass is 347 g/mol. The molecule has 0 radical (unpaired) electrons. The number of nitrogens with one attached hydrogen (secondary N) is 1. The molecule has 5 heteroatoms. The summed E-state index contributed by atoms with van der Waals surface area (Å²) < 4.78 is 5.02. The van der Waals surface area contributed by atoms with Gasteiger partial charge in [-0.25, -0.2) is 4.98 Å². The zero-order chi connectivity index (χ0) is 18.4. The Morgan fingerprint density at radius 3 is 2.46 bits per heavy atom. The molecular formula is C21H21N3O2. The summed E-state index contributed by atoms with van der Waals surface area (Å²) in [4.78, 5) is 18.7. The minimum Gasteiger partial charge on any atom is -0.481 e. The average Bonchev–Trinajstić information content (AvgIpc) is 2.69. The van der Waals surface area contributed by atoms with Crippen molar-refractivity contribution >= 4 is 17.3 Å². The molecule has 1 amide bonds. The largest absolute Gasteiger partial charge is 0.481 e. The highest BCUT2D eigenvalue weighted by Gasteiger charge is 2.12. The molecule has 132 valence electrons. The van der Waals surface area contributed by atoms with Gasteiger partial charge in [-0.2, -0.15) is 0 Å². The maximum absolute atomic E-state index is 12.5. The molecular weight excluding hydrogens is 326 g/mol. The Kier molecular flexibility index (Phi) is 5.49. The van der Waals surface area contributed by atoms with Crippen LogP contribution in [0.3, 0.4) is 0 Å². The van der Waals surface area contributed by atoms with Crippen LogP contribution in [0.15, 0.2) is 72.9 Å². The van der Waals surface area contributed by atoms with Crippen molar-refractivity contribution < 1.29 is 9.53 Å². The number of anilines is 2. The van der Waals surface area contributed by atoms with E-state index in [1.807, 2.05) is 49.5 Å². The normalized spacial score (nSPS) is 10.2. The van der Waals surface area contributed by atoms with Crippen LogP contribution >= 0.6 is 0 Å². The second-order valence-corrected chi connectivity index (χ2v) is 5.90. The number of para-hydroxylation sites is 2. The lowest BCUT2D eigenvalue weighted by Gasteiger charge is -2.22. The molecule has 1 heterocycles. The number of hydrogen-bond acceptors (Lipinski definition) is 4. The molecule has 0 fully saturated rings. The van der Waals surface area contributed by atoms with Crippen LogP contribution < -0.4 is 15.0 Å². The van der Waals surface area contributed by atoms with Crippen LogP contribution in [0, 0.1) is 0 Å². The van der Waals surface area contributed by atoms with Gasteiger partial charge in [0.05, 0.1) is 24.0 Å². The fourth-order valence-corrected chi connectivity index (χ4v) is 2.68. The third-order valence-electron chi connectivity index (χ3n) is 4.03. The molecule has 0 aliphatic rings. The first kappa shape index (κ1) is 17.5. The fraction of sp³-hybridized carbons (Fsp3) is 0.143. The quantitative estimate of drug-likeness (QED) is 0.733. The van der Waals surface area contributed by atoms with E-state index < -0.39 is 0 Å². The molecule has 0 saturated heterocycles. The Hall–Kier alpha value is -3.34. The van der Waals surface area contributed by atoms with Gasteiger partial charge in [-0.3, -0.25) is 4.79 Å². The number of hydrogen-bond donors (Lipinski definition) is 1. The molecule has 3 rings (SSSR count). The molecule has 2 aromatic carbocycles. The van der Waals surface area contributed by atoms with Crippen LogP contribution in [-0.4, -0.2) is 25.0 Å². The molecule has 0 saturated carbocycles. The molecule has 1 aromatic heterocycles. The Morgan fingerprint density at radius 1 is 1.04 bits per heavy atom. The van der Waals surface area contributed by atoms with Crippen molar-refractivity contribution in [2.75, 3.05) is 24.4 Å². The van der Waals surface area contributed by atoms with Crippen LogP contribution in [0.25, 0.3) is 0 Å². The molecule has 0 spiro atoms. The third-order valence-corrected chi connectivity index (χ3v) is 4.03. The first-order chi connectivity index (χ1) is 12.7. The average molecular weight is 347 g/mol. The lowest BCUT2D eigenvalue weighted by Crippen LogP contribution is -2.20. The standard InChI is InChI=1S/C21H21N3O2/c1-24(15-16-8-4-3-5-9-16)19-11-7-6-10-18(19)23-21(25)17-12-13-20(26-2)22-14-17/h3-14H,15H2,1-2H3,(H,23,25). The van der Waals surface area contributed by atoms with E-state index in [9.17, 15) is 4.79 Å². The van der Waals surface area contributed by atoms with E-state index in [2.05, 4.69) is 27.3 Å². The molecule has 0 aliphatic carbocycles. The Labute approximate surface area is 153 Å². The number of carbonyl (C=O) groups is 1. The molecule has 0 aliphatic heterocycles. The number of carbonyl (C=O) groups excluding carboxylic acids is 1. The van der Waals surface area contributed by atoms with Crippen LogP contribution in [-0.2, 0) is 6.54 Å². The SMILES string of the molecule is COc1ccc(C(=O)Nc2ccccc2N(C)Cc2ccccc2)cn1. The fourth-order valence-electron chi connectivity index (χ4n) is 2.68. The summed E-state index contributed by atoms with van der Waals surface area (Å²) in [5.41, 5.74) is 3.39. The second kappa shape index (κ2) is 8.16. The van der Waals surface area contributed by atoms with Gasteiger partial charge in [0.15, 0.2) is 0 Å². The molecule has 0 atom stereocenters. The van der Waals surface area contributed by atoms with Crippen LogP contribution in [0.5, 0.6) is 5.88 Å². The topological polar surface area (TPSA) is 54.5 Å². The van der Waals surface area contributed by atoms with Crippen LogP contribution in [0.1, 0.15) is 15.9 Å². The Balaban J connectivity index is 1.76. The van der Waals surface area contributed by atoms with E-state index in [4.69, 9.17) is 4.74 Å². The molecule has 26 heavy (non-hydrogen) atoms.